The van der Waals surface area contributed by atoms with E-state index in [1.165, 1.54) is 12.1 Å². The number of ether oxygens (including phenoxy) is 1. The number of nitrogens with zero attached hydrogens (tertiary/aromatic N) is 1. The first kappa shape index (κ1) is 17.3. The van der Waals surface area contributed by atoms with Gasteiger partial charge in [-0.25, -0.2) is 4.79 Å². The standard InChI is InChI=1S/C19H12BrNO3/c1-2-9-24-18-8-3-13(11-17(18)20)10-16(12-21)14-4-6-15(7-5-14)19(22)23/h1,3-8,10-11H,9H2,(H,22,23). The maximum atomic E-state index is 10.9. The summed E-state index contributed by atoms with van der Waals surface area (Å²) in [6, 6.07) is 13.7. The summed E-state index contributed by atoms with van der Waals surface area (Å²) < 4.78 is 6.10. The van der Waals surface area contributed by atoms with E-state index < -0.39 is 5.97 Å². The SMILES string of the molecule is C#CCOc1ccc(C=C(C#N)c2ccc(C(=O)O)cc2)cc1Br. The predicted octanol–water partition coefficient (Wildman–Crippen LogP) is 4.22. The van der Waals surface area contributed by atoms with Crippen molar-refractivity contribution in [3.63, 3.8) is 0 Å². The maximum absolute atomic E-state index is 10.9. The van der Waals surface area contributed by atoms with Gasteiger partial charge in [-0.15, -0.1) is 6.42 Å². The van der Waals surface area contributed by atoms with Gasteiger partial charge in [-0.3, -0.25) is 0 Å². The van der Waals surface area contributed by atoms with Crippen LogP contribution in [0.5, 0.6) is 5.75 Å². The molecule has 0 unspecified atom stereocenters. The maximum Gasteiger partial charge on any atom is 0.335 e. The molecular weight excluding hydrogens is 370 g/mol. The molecule has 1 N–H and O–H groups in total. The first-order valence-corrected chi connectivity index (χ1v) is 7.66. The quantitative estimate of drug-likeness (QED) is 0.478. The summed E-state index contributed by atoms with van der Waals surface area (Å²) in [7, 11) is 0. The Morgan fingerprint density at radius 3 is 2.46 bits per heavy atom. The van der Waals surface area contributed by atoms with Gasteiger partial charge in [0, 0.05) is 0 Å². The fraction of sp³-hybridized carbons (Fsp3) is 0.0526. The number of aromatic carboxylic acids is 1. The molecule has 0 atom stereocenters. The summed E-state index contributed by atoms with van der Waals surface area (Å²) >= 11 is 3.40. The molecule has 0 aromatic heterocycles. The van der Waals surface area contributed by atoms with E-state index in [2.05, 4.69) is 27.9 Å². The van der Waals surface area contributed by atoms with Crippen LogP contribution in [0.4, 0.5) is 0 Å². The fourth-order valence-corrected chi connectivity index (χ4v) is 2.49. The lowest BCUT2D eigenvalue weighted by atomic mass is 10.0. The number of benzene rings is 2. The van der Waals surface area contributed by atoms with Crippen LogP contribution in [0.25, 0.3) is 11.6 Å². The van der Waals surface area contributed by atoms with Crippen molar-refractivity contribution in [3.8, 4) is 24.2 Å². The molecule has 0 bridgehead atoms. The van der Waals surface area contributed by atoms with Crippen molar-refractivity contribution in [2.75, 3.05) is 6.61 Å². The van der Waals surface area contributed by atoms with Gasteiger partial charge in [-0.1, -0.05) is 24.1 Å². The molecule has 0 heterocycles. The van der Waals surface area contributed by atoms with E-state index in [1.54, 1.807) is 30.3 Å². The third-order valence-corrected chi connectivity index (χ3v) is 3.76. The van der Waals surface area contributed by atoms with E-state index >= 15 is 0 Å². The molecule has 0 amide bonds. The van der Waals surface area contributed by atoms with Gasteiger partial charge in [-0.05, 0) is 57.4 Å². The van der Waals surface area contributed by atoms with Crippen molar-refractivity contribution in [1.82, 2.24) is 0 Å². The van der Waals surface area contributed by atoms with E-state index in [-0.39, 0.29) is 12.2 Å². The van der Waals surface area contributed by atoms with E-state index in [0.717, 1.165) is 10.0 Å². The number of rotatable bonds is 5. The summed E-state index contributed by atoms with van der Waals surface area (Å²) in [6.45, 7) is 0.174. The summed E-state index contributed by atoms with van der Waals surface area (Å²) in [5.41, 5.74) is 2.05. The van der Waals surface area contributed by atoms with Crippen molar-refractivity contribution in [2.24, 2.45) is 0 Å². The highest BCUT2D eigenvalue weighted by atomic mass is 79.9. The van der Waals surface area contributed by atoms with Crippen LogP contribution in [0.1, 0.15) is 21.5 Å². The van der Waals surface area contributed by atoms with Gasteiger partial charge in [-0.2, -0.15) is 5.26 Å². The highest BCUT2D eigenvalue weighted by Crippen LogP contribution is 2.28. The Morgan fingerprint density at radius 1 is 1.25 bits per heavy atom. The Hall–Kier alpha value is -3.02. The van der Waals surface area contributed by atoms with Gasteiger partial charge >= 0.3 is 5.97 Å². The zero-order valence-corrected chi connectivity index (χ0v) is 14.1. The van der Waals surface area contributed by atoms with Crippen LogP contribution >= 0.6 is 15.9 Å². The van der Waals surface area contributed by atoms with Crippen LogP contribution in [-0.4, -0.2) is 17.7 Å². The Kier molecular flexibility index (Phi) is 5.78. The van der Waals surface area contributed by atoms with E-state index in [9.17, 15) is 10.1 Å². The number of hydrogen-bond acceptors (Lipinski definition) is 3. The molecule has 0 aliphatic rings. The van der Waals surface area contributed by atoms with Crippen molar-refractivity contribution < 1.29 is 14.6 Å². The van der Waals surface area contributed by atoms with Crippen LogP contribution in [0.2, 0.25) is 0 Å². The second kappa shape index (κ2) is 8.01. The molecule has 24 heavy (non-hydrogen) atoms. The van der Waals surface area contributed by atoms with Crippen LogP contribution in [0.15, 0.2) is 46.9 Å². The van der Waals surface area contributed by atoms with Crippen LogP contribution in [0, 0.1) is 23.7 Å². The first-order chi connectivity index (χ1) is 11.5. The lowest BCUT2D eigenvalue weighted by molar-refractivity contribution is 0.0697. The minimum atomic E-state index is -1.00. The average molecular weight is 382 g/mol. The third kappa shape index (κ3) is 4.25. The Balaban J connectivity index is 2.30. The number of carbonyl (C=O) groups is 1. The lowest BCUT2D eigenvalue weighted by Gasteiger charge is -2.06. The monoisotopic (exact) mass is 381 g/mol. The van der Waals surface area contributed by atoms with E-state index in [4.69, 9.17) is 16.3 Å². The molecule has 5 heteroatoms. The highest BCUT2D eigenvalue weighted by molar-refractivity contribution is 9.10. The number of carboxylic acid groups (broad SMARTS) is 1. The van der Waals surface area contributed by atoms with Crippen molar-refractivity contribution in [2.45, 2.75) is 0 Å². The Bertz CT molecular complexity index is 871. The molecule has 2 aromatic carbocycles. The van der Waals surface area contributed by atoms with E-state index in [1.807, 2.05) is 6.07 Å². The normalized spacial score (nSPS) is 10.5. The Labute approximate surface area is 148 Å². The third-order valence-electron chi connectivity index (χ3n) is 3.14. The number of terminal acetylenes is 1. The second-order valence-electron chi connectivity index (χ2n) is 4.73. The summed E-state index contributed by atoms with van der Waals surface area (Å²) in [4.78, 5) is 10.9. The van der Waals surface area contributed by atoms with Crippen molar-refractivity contribution >= 4 is 33.5 Å². The van der Waals surface area contributed by atoms with Crippen molar-refractivity contribution in [1.29, 1.82) is 5.26 Å². The number of allylic oxidation sites excluding steroid dienone is 1. The van der Waals surface area contributed by atoms with Crippen LogP contribution in [0.3, 0.4) is 0 Å². The largest absolute Gasteiger partial charge is 0.480 e. The molecule has 0 spiro atoms. The van der Waals surface area contributed by atoms with Crippen molar-refractivity contribution in [3.05, 3.63) is 63.6 Å². The molecule has 2 aromatic rings. The molecule has 0 fully saturated rings. The van der Waals surface area contributed by atoms with Crippen LogP contribution < -0.4 is 4.74 Å². The molecule has 0 aliphatic carbocycles. The van der Waals surface area contributed by atoms with E-state index in [0.29, 0.717) is 16.9 Å². The first-order valence-electron chi connectivity index (χ1n) is 6.86. The lowest BCUT2D eigenvalue weighted by Crippen LogP contribution is -1.95. The fourth-order valence-electron chi connectivity index (χ4n) is 1.98. The predicted molar refractivity (Wildman–Crippen MR) is 95.4 cm³/mol. The van der Waals surface area contributed by atoms with Gasteiger partial charge < -0.3 is 9.84 Å². The molecule has 118 valence electrons. The molecule has 0 aliphatic heterocycles. The molecule has 0 radical (unpaired) electrons. The zero-order valence-electron chi connectivity index (χ0n) is 12.5. The Morgan fingerprint density at radius 2 is 1.92 bits per heavy atom. The van der Waals surface area contributed by atoms with Crippen LogP contribution in [-0.2, 0) is 0 Å². The summed E-state index contributed by atoms with van der Waals surface area (Å²) in [6.07, 6.45) is 6.88. The number of halogens is 1. The minimum absolute atomic E-state index is 0.174. The highest BCUT2D eigenvalue weighted by Gasteiger charge is 2.06. The number of carboxylic acids is 1. The topological polar surface area (TPSA) is 70.3 Å². The summed E-state index contributed by atoms with van der Waals surface area (Å²) in [5, 5.41) is 18.3. The van der Waals surface area contributed by atoms with Gasteiger partial charge in [0.05, 0.1) is 21.7 Å². The molecule has 0 saturated heterocycles. The second-order valence-corrected chi connectivity index (χ2v) is 5.59. The molecular formula is C19H12BrNO3. The molecule has 4 nitrogen and oxygen atoms in total. The smallest absolute Gasteiger partial charge is 0.335 e. The number of hydrogen-bond donors (Lipinski definition) is 1. The van der Waals surface area contributed by atoms with Gasteiger partial charge in [0.1, 0.15) is 12.4 Å². The van der Waals surface area contributed by atoms with Gasteiger partial charge in [0.25, 0.3) is 0 Å². The minimum Gasteiger partial charge on any atom is -0.480 e. The zero-order chi connectivity index (χ0) is 17.5. The number of nitriles is 1. The average Bonchev–Trinajstić information content (AvgIpc) is 2.59. The summed E-state index contributed by atoms with van der Waals surface area (Å²) in [5.74, 6) is 2.01. The van der Waals surface area contributed by atoms with Gasteiger partial charge in [0.2, 0.25) is 0 Å². The molecule has 2 rings (SSSR count). The molecule has 0 saturated carbocycles. The van der Waals surface area contributed by atoms with Gasteiger partial charge in [0.15, 0.2) is 0 Å².